The first-order chi connectivity index (χ1) is 9.46. The third-order valence-corrected chi connectivity index (χ3v) is 3.62. The monoisotopic (exact) mass is 272 g/mol. The Balaban J connectivity index is 2.03. The summed E-state index contributed by atoms with van der Waals surface area (Å²) in [5.41, 5.74) is 2.82. The molecule has 0 aromatic carbocycles. The first-order valence-electron chi connectivity index (χ1n) is 7.00. The van der Waals surface area contributed by atoms with Crippen LogP contribution in [-0.2, 0) is 6.54 Å². The zero-order chi connectivity index (χ0) is 14.3. The molecule has 5 nitrogen and oxygen atoms in total. The summed E-state index contributed by atoms with van der Waals surface area (Å²) in [6.07, 6.45) is 5.65. The third-order valence-electron chi connectivity index (χ3n) is 3.62. The Morgan fingerprint density at radius 1 is 1.35 bits per heavy atom. The molecule has 0 atom stereocenters. The van der Waals surface area contributed by atoms with Crippen LogP contribution in [0.2, 0.25) is 0 Å². The highest BCUT2D eigenvalue weighted by atomic mass is 16.1. The highest BCUT2D eigenvalue weighted by Crippen LogP contribution is 2.23. The molecule has 0 aliphatic heterocycles. The van der Waals surface area contributed by atoms with Crippen LogP contribution < -0.4 is 5.69 Å². The molecule has 0 saturated carbocycles. The summed E-state index contributed by atoms with van der Waals surface area (Å²) in [5.74, 6) is 0. The lowest BCUT2D eigenvalue weighted by atomic mass is 9.91. The Morgan fingerprint density at radius 3 is 2.90 bits per heavy atom. The summed E-state index contributed by atoms with van der Waals surface area (Å²) in [7, 11) is 0. The van der Waals surface area contributed by atoms with Crippen LogP contribution in [0.1, 0.15) is 33.6 Å². The van der Waals surface area contributed by atoms with Gasteiger partial charge in [0.2, 0.25) is 0 Å². The lowest BCUT2D eigenvalue weighted by Gasteiger charge is -2.17. The van der Waals surface area contributed by atoms with Gasteiger partial charge in [-0.05, 0) is 24.3 Å². The molecular weight excluding hydrogens is 252 g/mol. The molecule has 3 heterocycles. The average molecular weight is 272 g/mol. The van der Waals surface area contributed by atoms with Crippen molar-refractivity contribution < 1.29 is 0 Å². The second-order valence-electron chi connectivity index (χ2n) is 6.51. The fourth-order valence-corrected chi connectivity index (χ4v) is 2.64. The topological polar surface area (TPSA) is 66.5 Å². The summed E-state index contributed by atoms with van der Waals surface area (Å²) in [5, 5.41) is 0.997. The Hall–Kier alpha value is -2.04. The fraction of sp³-hybridized carbons (Fsp3) is 0.467. The maximum atomic E-state index is 12.1. The van der Waals surface area contributed by atoms with E-state index >= 15 is 0 Å². The van der Waals surface area contributed by atoms with Crippen molar-refractivity contribution in [3.8, 4) is 0 Å². The van der Waals surface area contributed by atoms with Gasteiger partial charge in [0.25, 0.3) is 0 Å². The summed E-state index contributed by atoms with van der Waals surface area (Å²) in [6.45, 7) is 7.40. The maximum Gasteiger partial charge on any atom is 0.326 e. The van der Waals surface area contributed by atoms with Gasteiger partial charge in [0.05, 0.1) is 17.2 Å². The molecule has 0 bridgehead atoms. The van der Waals surface area contributed by atoms with Gasteiger partial charge in [-0.15, -0.1) is 0 Å². The van der Waals surface area contributed by atoms with E-state index in [4.69, 9.17) is 0 Å². The second kappa shape index (κ2) is 4.51. The fourth-order valence-electron chi connectivity index (χ4n) is 2.64. The number of hydrogen-bond acceptors (Lipinski definition) is 2. The van der Waals surface area contributed by atoms with Crippen LogP contribution in [-0.4, -0.2) is 19.5 Å². The standard InChI is InChI=1S/C15H20N4O/c1-15(2,3)6-4-8-19-12-10-5-7-16-13(10)17-9-11(12)18-14(19)20/h5,7,9H,4,6,8H2,1-3H3,(H,16,17)(H,18,20). The number of pyridine rings is 1. The number of rotatable bonds is 3. The molecule has 0 unspecified atom stereocenters. The first kappa shape index (κ1) is 13.0. The molecule has 0 spiro atoms. The van der Waals surface area contributed by atoms with E-state index in [1.54, 1.807) is 6.20 Å². The van der Waals surface area contributed by atoms with Crippen molar-refractivity contribution in [1.29, 1.82) is 0 Å². The normalized spacial score (nSPS) is 12.6. The van der Waals surface area contributed by atoms with Crippen molar-refractivity contribution in [2.24, 2.45) is 5.41 Å². The molecule has 0 saturated heterocycles. The number of aromatic nitrogens is 4. The lowest BCUT2D eigenvalue weighted by Crippen LogP contribution is -2.18. The Morgan fingerprint density at radius 2 is 2.15 bits per heavy atom. The van der Waals surface area contributed by atoms with E-state index in [-0.39, 0.29) is 5.69 Å². The quantitative estimate of drug-likeness (QED) is 0.769. The Kier molecular flexibility index (Phi) is 2.92. The Bertz CT molecular complexity index is 801. The van der Waals surface area contributed by atoms with Gasteiger partial charge in [-0.1, -0.05) is 20.8 Å². The van der Waals surface area contributed by atoms with Gasteiger partial charge < -0.3 is 9.97 Å². The molecule has 0 amide bonds. The van der Waals surface area contributed by atoms with Crippen LogP contribution in [0.15, 0.2) is 23.3 Å². The molecule has 106 valence electrons. The highest BCUT2D eigenvalue weighted by molar-refractivity contribution is 6.00. The molecule has 0 fully saturated rings. The predicted octanol–water partition coefficient (Wildman–Crippen LogP) is 3.03. The zero-order valence-corrected chi connectivity index (χ0v) is 12.2. The smallest absolute Gasteiger partial charge is 0.326 e. The van der Waals surface area contributed by atoms with E-state index < -0.39 is 0 Å². The highest BCUT2D eigenvalue weighted by Gasteiger charge is 2.14. The van der Waals surface area contributed by atoms with Crippen LogP contribution in [0, 0.1) is 5.41 Å². The molecule has 2 N–H and O–H groups in total. The van der Waals surface area contributed by atoms with E-state index in [0.717, 1.165) is 41.5 Å². The van der Waals surface area contributed by atoms with Crippen LogP contribution in [0.3, 0.4) is 0 Å². The van der Waals surface area contributed by atoms with Gasteiger partial charge >= 0.3 is 5.69 Å². The average Bonchev–Trinajstić information content (AvgIpc) is 2.92. The van der Waals surface area contributed by atoms with Crippen LogP contribution in [0.25, 0.3) is 22.1 Å². The number of H-pyrrole nitrogens is 2. The lowest BCUT2D eigenvalue weighted by molar-refractivity contribution is 0.353. The maximum absolute atomic E-state index is 12.1. The zero-order valence-electron chi connectivity index (χ0n) is 12.2. The number of nitrogens with one attached hydrogen (secondary N) is 2. The van der Waals surface area contributed by atoms with E-state index in [1.807, 2.05) is 16.8 Å². The second-order valence-corrected chi connectivity index (χ2v) is 6.51. The predicted molar refractivity (Wildman–Crippen MR) is 80.9 cm³/mol. The number of nitrogens with zero attached hydrogens (tertiary/aromatic N) is 2. The number of hydrogen-bond donors (Lipinski definition) is 2. The van der Waals surface area contributed by atoms with Crippen LogP contribution >= 0.6 is 0 Å². The van der Waals surface area contributed by atoms with Gasteiger partial charge in [0.15, 0.2) is 0 Å². The molecule has 5 heteroatoms. The number of imidazole rings is 1. The van der Waals surface area contributed by atoms with Gasteiger partial charge in [-0.25, -0.2) is 9.78 Å². The number of aryl methyl sites for hydroxylation is 1. The third kappa shape index (κ3) is 2.24. The molecule has 0 radical (unpaired) electrons. The summed E-state index contributed by atoms with van der Waals surface area (Å²) < 4.78 is 1.83. The van der Waals surface area contributed by atoms with Gasteiger partial charge in [0.1, 0.15) is 5.65 Å². The molecule has 3 aromatic heterocycles. The van der Waals surface area contributed by atoms with Crippen molar-refractivity contribution in [2.45, 2.75) is 40.2 Å². The molecule has 3 rings (SSSR count). The van der Waals surface area contributed by atoms with E-state index in [9.17, 15) is 4.79 Å². The van der Waals surface area contributed by atoms with E-state index in [0.29, 0.717) is 5.41 Å². The minimum Gasteiger partial charge on any atom is -0.346 e. The van der Waals surface area contributed by atoms with Crippen molar-refractivity contribution in [3.63, 3.8) is 0 Å². The van der Waals surface area contributed by atoms with Crippen LogP contribution in [0.5, 0.6) is 0 Å². The molecule has 3 aromatic rings. The molecular formula is C15H20N4O. The Labute approximate surface area is 117 Å². The summed E-state index contributed by atoms with van der Waals surface area (Å²) in [6, 6.07) is 1.97. The van der Waals surface area contributed by atoms with Crippen molar-refractivity contribution in [2.75, 3.05) is 0 Å². The summed E-state index contributed by atoms with van der Waals surface area (Å²) in [4.78, 5) is 22.4. The summed E-state index contributed by atoms with van der Waals surface area (Å²) >= 11 is 0. The van der Waals surface area contributed by atoms with Crippen molar-refractivity contribution >= 4 is 22.1 Å². The van der Waals surface area contributed by atoms with Crippen molar-refractivity contribution in [1.82, 2.24) is 19.5 Å². The number of aromatic amines is 2. The van der Waals surface area contributed by atoms with E-state index in [2.05, 4.69) is 35.7 Å². The van der Waals surface area contributed by atoms with Crippen molar-refractivity contribution in [3.05, 3.63) is 28.9 Å². The van der Waals surface area contributed by atoms with E-state index in [1.165, 1.54) is 0 Å². The minimum absolute atomic E-state index is 0.0515. The number of fused-ring (bicyclic) bond motifs is 3. The SMILES string of the molecule is CC(C)(C)CCCn1c(=O)[nH]c2cnc3[nH]ccc3c21. The van der Waals surface area contributed by atoms with Gasteiger partial charge in [0, 0.05) is 18.1 Å². The first-order valence-corrected chi connectivity index (χ1v) is 7.00. The minimum atomic E-state index is -0.0515. The largest absolute Gasteiger partial charge is 0.346 e. The van der Waals surface area contributed by atoms with Crippen LogP contribution in [0.4, 0.5) is 0 Å². The molecule has 20 heavy (non-hydrogen) atoms. The van der Waals surface area contributed by atoms with Gasteiger partial charge in [-0.2, -0.15) is 0 Å². The molecule has 0 aliphatic rings. The van der Waals surface area contributed by atoms with Gasteiger partial charge in [-0.3, -0.25) is 4.57 Å². The molecule has 0 aliphatic carbocycles.